The maximum Gasteiger partial charge on any atom is 0.196 e. The molecule has 1 aromatic heterocycles. The molecule has 4 heteroatoms. The van der Waals surface area contributed by atoms with Gasteiger partial charge in [-0.3, -0.25) is 9.78 Å². The minimum Gasteiger partial charge on any atom is -0.378 e. The number of aromatic nitrogens is 1. The van der Waals surface area contributed by atoms with E-state index in [1.807, 2.05) is 74.8 Å². The van der Waals surface area contributed by atoms with E-state index in [1.165, 1.54) is 0 Å². The lowest BCUT2D eigenvalue weighted by Gasteiger charge is -2.26. The van der Waals surface area contributed by atoms with Crippen LogP contribution >= 0.6 is 0 Å². The smallest absolute Gasteiger partial charge is 0.196 e. The van der Waals surface area contributed by atoms with Gasteiger partial charge in [0.15, 0.2) is 5.78 Å². The normalized spacial score (nSPS) is 11.9. The van der Waals surface area contributed by atoms with E-state index >= 15 is 0 Å². The van der Waals surface area contributed by atoms with Crippen LogP contribution in [0.1, 0.15) is 21.6 Å². The molecule has 0 atom stereocenters. The lowest BCUT2D eigenvalue weighted by Crippen LogP contribution is -2.14. The minimum absolute atomic E-state index is 0.0247. The van der Waals surface area contributed by atoms with E-state index in [4.69, 9.17) is 4.98 Å². The van der Waals surface area contributed by atoms with Crippen LogP contribution in [0.2, 0.25) is 0 Å². The summed E-state index contributed by atoms with van der Waals surface area (Å²) in [5.41, 5.74) is 10.3. The van der Waals surface area contributed by atoms with Gasteiger partial charge in [-0.1, -0.05) is 54.6 Å². The molecule has 0 saturated heterocycles. The highest BCUT2D eigenvalue weighted by atomic mass is 16.1. The number of nitrogens with zero attached hydrogens (tertiary/aromatic N) is 2. The Balaban J connectivity index is 1.68. The van der Waals surface area contributed by atoms with Crippen LogP contribution in [-0.2, 0) is 0 Å². The van der Waals surface area contributed by atoms with Gasteiger partial charge in [0, 0.05) is 53.2 Å². The fourth-order valence-corrected chi connectivity index (χ4v) is 5.08. The van der Waals surface area contributed by atoms with Crippen molar-refractivity contribution in [3.05, 3.63) is 108 Å². The van der Waals surface area contributed by atoms with E-state index in [0.717, 1.165) is 61.5 Å². The van der Waals surface area contributed by atoms with Crippen LogP contribution in [0.15, 0.2) is 91.0 Å². The van der Waals surface area contributed by atoms with Crippen molar-refractivity contribution in [2.45, 2.75) is 6.92 Å². The van der Waals surface area contributed by atoms with Crippen LogP contribution in [0.3, 0.4) is 0 Å². The molecule has 4 aromatic carbocycles. The zero-order valence-electron chi connectivity index (χ0n) is 20.0. The van der Waals surface area contributed by atoms with Crippen LogP contribution in [0, 0.1) is 6.92 Å². The van der Waals surface area contributed by atoms with Crippen molar-refractivity contribution in [1.29, 1.82) is 0 Å². The SMILES string of the molecule is Cc1nc2ccc(Nc3ccccc3)c3c2c(c1-c1ccc(N(C)C)cc1)-c1ccccc1C3=O. The summed E-state index contributed by atoms with van der Waals surface area (Å²) in [4.78, 5) is 21.0. The largest absolute Gasteiger partial charge is 0.378 e. The Morgan fingerprint density at radius 2 is 1.40 bits per heavy atom. The molecule has 1 aliphatic carbocycles. The van der Waals surface area contributed by atoms with E-state index in [2.05, 4.69) is 47.5 Å². The van der Waals surface area contributed by atoms with Crippen LogP contribution in [0.4, 0.5) is 17.1 Å². The molecular formula is C31H25N3O. The van der Waals surface area contributed by atoms with Gasteiger partial charge in [-0.2, -0.15) is 0 Å². The first-order valence-corrected chi connectivity index (χ1v) is 11.7. The number of pyridine rings is 1. The molecule has 0 spiro atoms. The maximum atomic E-state index is 13.9. The van der Waals surface area contributed by atoms with Gasteiger partial charge in [-0.05, 0) is 54.4 Å². The summed E-state index contributed by atoms with van der Waals surface area (Å²) in [5, 5.41) is 4.39. The zero-order chi connectivity index (χ0) is 24.1. The predicted octanol–water partition coefficient (Wildman–Crippen LogP) is 7.23. The molecule has 1 heterocycles. The van der Waals surface area contributed by atoms with Gasteiger partial charge < -0.3 is 10.2 Å². The summed E-state index contributed by atoms with van der Waals surface area (Å²) in [6, 6.07) is 30.4. The standard InChI is InChI=1S/C31H25N3O/c1-19-27(20-13-15-22(16-14-20)34(2)3)28-23-11-7-8-12-24(23)31(35)30-26(18-17-25(32-19)29(28)30)33-21-9-5-4-6-10-21/h4-18,33H,1-3H3. The van der Waals surface area contributed by atoms with E-state index in [0.29, 0.717) is 5.56 Å². The highest BCUT2D eigenvalue weighted by Gasteiger charge is 2.31. The summed E-state index contributed by atoms with van der Waals surface area (Å²) in [6.45, 7) is 2.06. The van der Waals surface area contributed by atoms with Gasteiger partial charge in [0.2, 0.25) is 0 Å². The number of nitrogens with one attached hydrogen (secondary N) is 1. The number of carbonyl (C=O) groups excluding carboxylic acids is 1. The Morgan fingerprint density at radius 1 is 0.714 bits per heavy atom. The third-order valence-corrected chi connectivity index (χ3v) is 6.73. The molecule has 1 N–H and O–H groups in total. The van der Waals surface area contributed by atoms with Crippen LogP contribution < -0.4 is 10.2 Å². The molecule has 4 nitrogen and oxygen atoms in total. The van der Waals surface area contributed by atoms with Gasteiger partial charge in [-0.25, -0.2) is 0 Å². The number of aryl methyl sites for hydroxylation is 1. The summed E-state index contributed by atoms with van der Waals surface area (Å²) in [7, 11) is 4.08. The first kappa shape index (κ1) is 21.1. The van der Waals surface area contributed by atoms with Crippen molar-refractivity contribution in [2.24, 2.45) is 0 Å². The molecule has 0 unspecified atom stereocenters. The van der Waals surface area contributed by atoms with Gasteiger partial charge >= 0.3 is 0 Å². The first-order valence-electron chi connectivity index (χ1n) is 11.7. The van der Waals surface area contributed by atoms with Gasteiger partial charge in [0.1, 0.15) is 0 Å². The van der Waals surface area contributed by atoms with Crippen molar-refractivity contribution in [3.63, 3.8) is 0 Å². The summed E-state index contributed by atoms with van der Waals surface area (Å²) in [5.74, 6) is 0.0247. The van der Waals surface area contributed by atoms with E-state index < -0.39 is 0 Å². The quantitative estimate of drug-likeness (QED) is 0.304. The maximum absolute atomic E-state index is 13.9. The van der Waals surface area contributed by atoms with Gasteiger partial charge in [-0.15, -0.1) is 0 Å². The Hall–Kier alpha value is -4.44. The molecule has 0 fully saturated rings. The lowest BCUT2D eigenvalue weighted by molar-refractivity contribution is 0.104. The molecule has 0 amide bonds. The summed E-state index contributed by atoms with van der Waals surface area (Å²) < 4.78 is 0. The zero-order valence-corrected chi connectivity index (χ0v) is 20.0. The number of para-hydroxylation sites is 1. The molecule has 35 heavy (non-hydrogen) atoms. The molecule has 6 rings (SSSR count). The molecule has 0 radical (unpaired) electrons. The number of carbonyl (C=O) groups is 1. The van der Waals surface area contributed by atoms with Gasteiger partial charge in [0.25, 0.3) is 0 Å². The third-order valence-electron chi connectivity index (χ3n) is 6.73. The van der Waals surface area contributed by atoms with E-state index in [-0.39, 0.29) is 5.78 Å². The molecule has 170 valence electrons. The second-order valence-electron chi connectivity index (χ2n) is 9.14. The summed E-state index contributed by atoms with van der Waals surface area (Å²) >= 11 is 0. The Kier molecular flexibility index (Phi) is 4.89. The predicted molar refractivity (Wildman–Crippen MR) is 145 cm³/mol. The van der Waals surface area contributed by atoms with Crippen molar-refractivity contribution >= 4 is 33.7 Å². The fraction of sp³-hybridized carbons (Fsp3) is 0.0968. The van der Waals surface area contributed by atoms with Gasteiger partial charge in [0.05, 0.1) is 16.8 Å². The Morgan fingerprint density at radius 3 is 2.11 bits per heavy atom. The molecule has 1 aliphatic rings. The average Bonchev–Trinajstić information content (AvgIpc) is 2.88. The first-order chi connectivity index (χ1) is 17.0. The number of hydrogen-bond acceptors (Lipinski definition) is 4. The van der Waals surface area contributed by atoms with Crippen LogP contribution in [-0.4, -0.2) is 24.9 Å². The second kappa shape index (κ2) is 8.10. The minimum atomic E-state index is 0.0247. The number of anilines is 3. The third kappa shape index (κ3) is 3.38. The molecule has 0 saturated carbocycles. The Labute approximate surface area is 204 Å². The van der Waals surface area contributed by atoms with Crippen molar-refractivity contribution in [2.75, 3.05) is 24.3 Å². The Bertz CT molecular complexity index is 1600. The fourth-order valence-electron chi connectivity index (χ4n) is 5.08. The number of ketones is 1. The van der Waals surface area contributed by atoms with Crippen LogP contribution in [0.25, 0.3) is 33.2 Å². The molecule has 0 bridgehead atoms. The number of benzene rings is 4. The number of fused-ring (bicyclic) bond motifs is 2. The van der Waals surface area contributed by atoms with Crippen molar-refractivity contribution in [1.82, 2.24) is 4.98 Å². The monoisotopic (exact) mass is 455 g/mol. The highest BCUT2D eigenvalue weighted by molar-refractivity contribution is 6.29. The summed E-state index contributed by atoms with van der Waals surface area (Å²) in [6.07, 6.45) is 0. The molecule has 0 aliphatic heterocycles. The average molecular weight is 456 g/mol. The van der Waals surface area contributed by atoms with Crippen molar-refractivity contribution in [3.8, 4) is 22.3 Å². The van der Waals surface area contributed by atoms with Crippen molar-refractivity contribution < 1.29 is 4.79 Å². The second-order valence-corrected chi connectivity index (χ2v) is 9.14. The molecule has 5 aromatic rings. The highest BCUT2D eigenvalue weighted by Crippen LogP contribution is 2.47. The topological polar surface area (TPSA) is 45.2 Å². The van der Waals surface area contributed by atoms with Crippen LogP contribution in [0.5, 0.6) is 0 Å². The molecular weight excluding hydrogens is 430 g/mol. The number of rotatable bonds is 4. The lowest BCUT2D eigenvalue weighted by atomic mass is 9.79. The number of hydrogen-bond donors (Lipinski definition) is 1. The van der Waals surface area contributed by atoms with E-state index in [1.54, 1.807) is 0 Å². The van der Waals surface area contributed by atoms with E-state index in [9.17, 15) is 4.79 Å².